The Bertz CT molecular complexity index is 947. The van der Waals surface area contributed by atoms with E-state index in [-0.39, 0.29) is 11.4 Å². The molecule has 132 valence electrons. The summed E-state index contributed by atoms with van der Waals surface area (Å²) in [6, 6.07) is 13.5. The molecule has 0 fully saturated rings. The van der Waals surface area contributed by atoms with Crippen LogP contribution < -0.4 is 4.74 Å². The quantitative estimate of drug-likeness (QED) is 0.733. The molecule has 0 aliphatic rings. The molecular formula is C19H14F2N2O3. The van der Waals surface area contributed by atoms with Crippen LogP contribution in [0.3, 0.4) is 0 Å². The number of ether oxygens (including phenoxy) is 1. The summed E-state index contributed by atoms with van der Waals surface area (Å²) in [5, 5.41) is 9.21. The van der Waals surface area contributed by atoms with Crippen LogP contribution in [0.25, 0.3) is 22.4 Å². The molecule has 0 unspecified atom stereocenters. The van der Waals surface area contributed by atoms with Crippen LogP contribution in [0.5, 0.6) is 5.75 Å². The van der Waals surface area contributed by atoms with E-state index in [1.165, 1.54) is 18.3 Å². The molecule has 0 saturated carbocycles. The van der Waals surface area contributed by atoms with Gasteiger partial charge in [-0.05, 0) is 30.7 Å². The normalized spacial score (nSPS) is 10.8. The lowest BCUT2D eigenvalue weighted by atomic mass is 10.0. The van der Waals surface area contributed by atoms with Gasteiger partial charge in [0.2, 0.25) is 0 Å². The van der Waals surface area contributed by atoms with Crippen LogP contribution in [-0.2, 0) is 0 Å². The first-order chi connectivity index (χ1) is 12.5. The Labute approximate surface area is 147 Å². The Hall–Kier alpha value is -3.35. The van der Waals surface area contributed by atoms with Gasteiger partial charge in [-0.15, -0.1) is 0 Å². The third-order valence-corrected chi connectivity index (χ3v) is 3.73. The molecule has 5 nitrogen and oxygen atoms in total. The maximum Gasteiger partial charge on any atom is 0.387 e. The highest BCUT2D eigenvalue weighted by Gasteiger charge is 2.16. The van der Waals surface area contributed by atoms with Crippen molar-refractivity contribution in [2.45, 2.75) is 13.5 Å². The lowest BCUT2D eigenvalue weighted by Crippen LogP contribution is -2.06. The van der Waals surface area contributed by atoms with E-state index in [0.29, 0.717) is 28.1 Å². The maximum atomic E-state index is 12.7. The Morgan fingerprint density at radius 3 is 2.50 bits per heavy atom. The zero-order valence-corrected chi connectivity index (χ0v) is 13.7. The molecule has 26 heavy (non-hydrogen) atoms. The van der Waals surface area contributed by atoms with E-state index in [4.69, 9.17) is 0 Å². The minimum absolute atomic E-state index is 0.0217. The second-order valence-corrected chi connectivity index (χ2v) is 5.45. The summed E-state index contributed by atoms with van der Waals surface area (Å²) in [4.78, 5) is 19.4. The summed E-state index contributed by atoms with van der Waals surface area (Å²) in [6.45, 7) is -1.41. The Balaban J connectivity index is 2.13. The topological polar surface area (TPSA) is 72.3 Å². The van der Waals surface area contributed by atoms with Gasteiger partial charge in [0.25, 0.3) is 0 Å². The van der Waals surface area contributed by atoms with Crippen molar-refractivity contribution in [2.24, 2.45) is 0 Å². The molecule has 0 radical (unpaired) electrons. The van der Waals surface area contributed by atoms with Crippen molar-refractivity contribution >= 4 is 5.97 Å². The third-order valence-electron chi connectivity index (χ3n) is 3.73. The van der Waals surface area contributed by atoms with E-state index in [2.05, 4.69) is 14.7 Å². The number of aryl methyl sites for hydroxylation is 1. The fraction of sp³-hybridized carbons (Fsp3) is 0.105. The monoisotopic (exact) mass is 356 g/mol. The van der Waals surface area contributed by atoms with E-state index in [1.54, 1.807) is 37.3 Å². The first-order valence-electron chi connectivity index (χ1n) is 7.67. The second-order valence-electron chi connectivity index (χ2n) is 5.45. The van der Waals surface area contributed by atoms with Crippen LogP contribution in [0.4, 0.5) is 8.78 Å². The lowest BCUT2D eigenvalue weighted by molar-refractivity contribution is -0.0494. The first kappa shape index (κ1) is 17.5. The molecule has 1 heterocycles. The molecule has 3 aromatic rings. The number of rotatable bonds is 5. The van der Waals surface area contributed by atoms with Gasteiger partial charge < -0.3 is 9.84 Å². The number of alkyl halides is 2. The number of benzene rings is 2. The number of aromatic nitrogens is 2. The highest BCUT2D eigenvalue weighted by atomic mass is 19.3. The van der Waals surface area contributed by atoms with Crippen LogP contribution >= 0.6 is 0 Å². The lowest BCUT2D eigenvalue weighted by Gasteiger charge is -2.13. The standard InChI is InChI=1S/C19H14F2N2O3/c1-11-17(18(24)25)23-15(10-22-11)13-7-8-16(26-19(20)21)14(9-13)12-5-3-2-4-6-12/h2-10,19H,1H3,(H,24,25). The number of halogens is 2. The van der Waals surface area contributed by atoms with Gasteiger partial charge in [0, 0.05) is 11.1 Å². The number of aromatic carboxylic acids is 1. The fourth-order valence-corrected chi connectivity index (χ4v) is 2.52. The summed E-state index contributed by atoms with van der Waals surface area (Å²) in [5.41, 5.74) is 2.14. The Morgan fingerprint density at radius 1 is 1.12 bits per heavy atom. The molecule has 0 bridgehead atoms. The minimum atomic E-state index is -2.96. The highest BCUT2D eigenvalue weighted by Crippen LogP contribution is 2.34. The molecule has 0 saturated heterocycles. The van der Waals surface area contributed by atoms with Gasteiger partial charge in [-0.2, -0.15) is 8.78 Å². The number of carbonyl (C=O) groups is 1. The Morgan fingerprint density at radius 2 is 1.85 bits per heavy atom. The summed E-state index contributed by atoms with van der Waals surface area (Å²) < 4.78 is 30.0. The van der Waals surface area contributed by atoms with Crippen molar-refractivity contribution in [3.63, 3.8) is 0 Å². The summed E-state index contributed by atoms with van der Waals surface area (Å²) in [6.07, 6.45) is 1.44. The van der Waals surface area contributed by atoms with Gasteiger partial charge in [0.15, 0.2) is 5.69 Å². The van der Waals surface area contributed by atoms with Crippen LogP contribution in [0.1, 0.15) is 16.2 Å². The van der Waals surface area contributed by atoms with Crippen molar-refractivity contribution in [3.05, 3.63) is 66.1 Å². The number of carboxylic acids is 1. The summed E-state index contributed by atoms with van der Waals surface area (Å²) in [5.74, 6) is -1.16. The molecular weight excluding hydrogens is 342 g/mol. The highest BCUT2D eigenvalue weighted by molar-refractivity contribution is 5.87. The van der Waals surface area contributed by atoms with E-state index >= 15 is 0 Å². The largest absolute Gasteiger partial charge is 0.476 e. The van der Waals surface area contributed by atoms with Crippen LogP contribution in [0, 0.1) is 6.92 Å². The molecule has 3 rings (SSSR count). The number of carboxylic acid groups (broad SMARTS) is 1. The minimum Gasteiger partial charge on any atom is -0.476 e. The average Bonchev–Trinajstić information content (AvgIpc) is 2.62. The van der Waals surface area contributed by atoms with Crippen molar-refractivity contribution in [1.29, 1.82) is 0 Å². The average molecular weight is 356 g/mol. The van der Waals surface area contributed by atoms with Gasteiger partial charge in [-0.1, -0.05) is 30.3 Å². The van der Waals surface area contributed by atoms with Gasteiger partial charge >= 0.3 is 12.6 Å². The van der Waals surface area contributed by atoms with Crippen LogP contribution in [0.15, 0.2) is 54.7 Å². The molecule has 1 aromatic heterocycles. The van der Waals surface area contributed by atoms with E-state index in [9.17, 15) is 18.7 Å². The third kappa shape index (κ3) is 3.66. The molecule has 2 aromatic carbocycles. The second kappa shape index (κ2) is 7.26. The molecule has 0 amide bonds. The van der Waals surface area contributed by atoms with Crippen molar-refractivity contribution in [1.82, 2.24) is 9.97 Å². The number of hydrogen-bond acceptors (Lipinski definition) is 4. The van der Waals surface area contributed by atoms with E-state index in [1.807, 2.05) is 6.07 Å². The van der Waals surface area contributed by atoms with Gasteiger partial charge in [0.05, 0.1) is 17.6 Å². The van der Waals surface area contributed by atoms with E-state index in [0.717, 1.165) is 0 Å². The van der Waals surface area contributed by atoms with E-state index < -0.39 is 12.6 Å². The predicted molar refractivity (Wildman–Crippen MR) is 91.2 cm³/mol. The summed E-state index contributed by atoms with van der Waals surface area (Å²) >= 11 is 0. The first-order valence-corrected chi connectivity index (χ1v) is 7.67. The SMILES string of the molecule is Cc1ncc(-c2ccc(OC(F)F)c(-c3ccccc3)c2)nc1C(=O)O. The van der Waals surface area contributed by atoms with Crippen molar-refractivity contribution in [3.8, 4) is 28.1 Å². The zero-order valence-electron chi connectivity index (χ0n) is 13.7. The number of nitrogens with zero attached hydrogens (tertiary/aromatic N) is 2. The predicted octanol–water partition coefficient (Wildman–Crippen LogP) is 4.42. The molecule has 0 aliphatic carbocycles. The van der Waals surface area contributed by atoms with Gasteiger partial charge in [-0.3, -0.25) is 4.98 Å². The Kier molecular flexibility index (Phi) is 4.88. The van der Waals surface area contributed by atoms with Crippen LogP contribution in [0.2, 0.25) is 0 Å². The van der Waals surface area contributed by atoms with Crippen molar-refractivity contribution < 1.29 is 23.4 Å². The van der Waals surface area contributed by atoms with Gasteiger partial charge in [-0.25, -0.2) is 9.78 Å². The fourth-order valence-electron chi connectivity index (χ4n) is 2.52. The molecule has 0 atom stereocenters. The number of hydrogen-bond donors (Lipinski definition) is 1. The smallest absolute Gasteiger partial charge is 0.387 e. The maximum absolute atomic E-state index is 12.7. The van der Waals surface area contributed by atoms with Gasteiger partial charge in [0.1, 0.15) is 5.75 Å². The zero-order chi connectivity index (χ0) is 18.7. The molecule has 1 N–H and O–H groups in total. The van der Waals surface area contributed by atoms with Crippen LogP contribution in [-0.4, -0.2) is 27.7 Å². The molecule has 0 aliphatic heterocycles. The summed E-state index contributed by atoms with van der Waals surface area (Å²) in [7, 11) is 0. The van der Waals surface area contributed by atoms with Crippen molar-refractivity contribution in [2.75, 3.05) is 0 Å². The molecule has 7 heteroatoms. The molecule has 0 spiro atoms.